The zero-order chi connectivity index (χ0) is 18.7. The third-order valence-corrected chi connectivity index (χ3v) is 3.94. The molecule has 0 unspecified atom stereocenters. The van der Waals surface area contributed by atoms with E-state index in [-0.39, 0.29) is 10.8 Å². The van der Waals surface area contributed by atoms with Crippen LogP contribution in [-0.4, -0.2) is 27.9 Å². The minimum Gasteiger partial charge on any atom is -0.448 e. The number of pyridine rings is 2. The molecule has 3 aromatic rings. The normalized spacial score (nSPS) is 11.8. The van der Waals surface area contributed by atoms with Crippen molar-refractivity contribution < 1.29 is 14.3 Å². The average Bonchev–Trinajstić information content (AvgIpc) is 2.63. The van der Waals surface area contributed by atoms with Crippen LogP contribution in [-0.2, 0) is 9.53 Å². The highest BCUT2D eigenvalue weighted by Crippen LogP contribution is 2.18. The monoisotopic (exact) mass is 371 g/mol. The fourth-order valence-corrected chi connectivity index (χ4v) is 2.48. The summed E-state index contributed by atoms with van der Waals surface area (Å²) in [5, 5.41) is 3.71. The van der Waals surface area contributed by atoms with Gasteiger partial charge in [0.15, 0.2) is 11.3 Å². The first-order valence-corrected chi connectivity index (χ1v) is 8.08. The Morgan fingerprint density at radius 1 is 1.23 bits per heavy atom. The number of fused-ring (bicyclic) bond motifs is 1. The highest BCUT2D eigenvalue weighted by molar-refractivity contribution is 6.32. The Morgan fingerprint density at radius 3 is 2.77 bits per heavy atom. The molecule has 26 heavy (non-hydrogen) atoms. The molecule has 0 saturated heterocycles. The molecule has 3 rings (SSSR count). The van der Waals surface area contributed by atoms with E-state index in [1.54, 1.807) is 36.4 Å². The summed E-state index contributed by atoms with van der Waals surface area (Å²) < 4.78 is 5.13. The van der Waals surface area contributed by atoms with Gasteiger partial charge in [-0.25, -0.2) is 9.78 Å². The number of nitrogens with zero attached hydrogens (tertiary/aromatic N) is 1. The Labute approximate surface area is 153 Å². The molecule has 2 heterocycles. The van der Waals surface area contributed by atoms with Gasteiger partial charge in [-0.3, -0.25) is 9.59 Å². The number of halogens is 1. The molecule has 0 aliphatic heterocycles. The maximum absolute atomic E-state index is 12.3. The zero-order valence-electron chi connectivity index (χ0n) is 13.7. The standard InChI is InChI=1S/C18H14ClN3O4/c1-10(16(23)21-13-7-4-8-20-15(13)19)26-18(25)14-9-11-5-2-3-6-12(11)17(24)22-14/h2-10H,1H3,(H,21,23)(H,22,24)/t10-/m0/s1. The molecule has 0 radical (unpaired) electrons. The highest BCUT2D eigenvalue weighted by Gasteiger charge is 2.21. The Kier molecular flexibility index (Phi) is 4.99. The number of nitrogens with one attached hydrogen (secondary N) is 2. The van der Waals surface area contributed by atoms with Gasteiger partial charge in [-0.05, 0) is 36.6 Å². The van der Waals surface area contributed by atoms with Crippen molar-refractivity contribution in [3.8, 4) is 0 Å². The summed E-state index contributed by atoms with van der Waals surface area (Å²) in [4.78, 5) is 42.8. The third-order valence-electron chi connectivity index (χ3n) is 3.64. The first kappa shape index (κ1) is 17.6. The molecule has 0 saturated carbocycles. The number of hydrogen-bond acceptors (Lipinski definition) is 5. The van der Waals surface area contributed by atoms with Crippen LogP contribution >= 0.6 is 11.6 Å². The summed E-state index contributed by atoms with van der Waals surface area (Å²) in [6.07, 6.45) is 0.381. The second kappa shape index (κ2) is 7.37. The van der Waals surface area contributed by atoms with Gasteiger partial charge >= 0.3 is 5.97 Å². The summed E-state index contributed by atoms with van der Waals surface area (Å²) in [6.45, 7) is 1.41. The number of esters is 1. The van der Waals surface area contributed by atoms with Gasteiger partial charge in [0, 0.05) is 11.6 Å². The average molecular weight is 372 g/mol. The second-order valence-corrected chi connectivity index (χ2v) is 5.84. The lowest BCUT2D eigenvalue weighted by Crippen LogP contribution is -2.30. The molecular weight excluding hydrogens is 358 g/mol. The van der Waals surface area contributed by atoms with Gasteiger partial charge in [0.1, 0.15) is 5.69 Å². The van der Waals surface area contributed by atoms with Gasteiger partial charge in [-0.1, -0.05) is 29.8 Å². The van der Waals surface area contributed by atoms with Crippen molar-refractivity contribution in [1.82, 2.24) is 9.97 Å². The smallest absolute Gasteiger partial charge is 0.355 e. The van der Waals surface area contributed by atoms with Crippen LogP contribution in [0.25, 0.3) is 10.8 Å². The van der Waals surface area contributed by atoms with Crippen LogP contribution in [0.2, 0.25) is 5.15 Å². The number of rotatable bonds is 4. The number of carbonyl (C=O) groups is 2. The van der Waals surface area contributed by atoms with E-state index in [1.165, 1.54) is 19.2 Å². The predicted octanol–water partition coefficient (Wildman–Crippen LogP) is 2.76. The van der Waals surface area contributed by atoms with E-state index < -0.39 is 23.5 Å². The fraction of sp³-hybridized carbons (Fsp3) is 0.111. The molecule has 132 valence electrons. The molecule has 7 nitrogen and oxygen atoms in total. The number of carbonyl (C=O) groups excluding carboxylic acids is 2. The Morgan fingerprint density at radius 2 is 2.00 bits per heavy atom. The number of benzene rings is 1. The third kappa shape index (κ3) is 3.73. The van der Waals surface area contributed by atoms with Crippen LogP contribution in [0.3, 0.4) is 0 Å². The number of amides is 1. The fourth-order valence-electron chi connectivity index (χ4n) is 2.31. The molecule has 2 N–H and O–H groups in total. The maximum atomic E-state index is 12.3. The first-order chi connectivity index (χ1) is 12.5. The topological polar surface area (TPSA) is 101 Å². The number of ether oxygens (including phenoxy) is 1. The minimum absolute atomic E-state index is 0.0345. The lowest BCUT2D eigenvalue weighted by atomic mass is 10.1. The van der Waals surface area contributed by atoms with E-state index in [4.69, 9.17) is 16.3 Å². The van der Waals surface area contributed by atoms with Gasteiger partial charge in [0.25, 0.3) is 11.5 Å². The van der Waals surface area contributed by atoms with Crippen LogP contribution in [0.15, 0.2) is 53.5 Å². The Bertz CT molecular complexity index is 1050. The summed E-state index contributed by atoms with van der Waals surface area (Å²) in [5.74, 6) is -1.39. The predicted molar refractivity (Wildman–Crippen MR) is 97.3 cm³/mol. The highest BCUT2D eigenvalue weighted by atomic mass is 35.5. The van der Waals surface area contributed by atoms with Crippen molar-refractivity contribution in [1.29, 1.82) is 0 Å². The molecule has 0 spiro atoms. The van der Waals surface area contributed by atoms with Crippen LogP contribution in [0.1, 0.15) is 17.4 Å². The number of H-pyrrole nitrogens is 1. The minimum atomic E-state index is -1.10. The van der Waals surface area contributed by atoms with E-state index in [9.17, 15) is 14.4 Å². The van der Waals surface area contributed by atoms with Gasteiger partial charge in [-0.15, -0.1) is 0 Å². The molecule has 1 amide bonds. The molecule has 8 heteroatoms. The molecule has 2 aromatic heterocycles. The van der Waals surface area contributed by atoms with Crippen molar-refractivity contribution in [3.63, 3.8) is 0 Å². The van der Waals surface area contributed by atoms with Crippen LogP contribution in [0, 0.1) is 0 Å². The number of aromatic amines is 1. The second-order valence-electron chi connectivity index (χ2n) is 5.48. The molecule has 1 atom stereocenters. The van der Waals surface area contributed by atoms with E-state index in [1.807, 2.05) is 0 Å². The van der Waals surface area contributed by atoms with E-state index in [0.717, 1.165) is 0 Å². The summed E-state index contributed by atoms with van der Waals surface area (Å²) in [5.41, 5.74) is -0.136. The largest absolute Gasteiger partial charge is 0.448 e. The molecule has 0 aliphatic carbocycles. The first-order valence-electron chi connectivity index (χ1n) is 7.70. The molecule has 0 fully saturated rings. The molecule has 0 bridgehead atoms. The molecule has 0 aliphatic rings. The van der Waals surface area contributed by atoms with E-state index in [0.29, 0.717) is 16.5 Å². The molecule has 1 aromatic carbocycles. The molecular formula is C18H14ClN3O4. The Hall–Kier alpha value is -3.19. The van der Waals surface area contributed by atoms with Crippen molar-refractivity contribution in [2.24, 2.45) is 0 Å². The van der Waals surface area contributed by atoms with Crippen LogP contribution in [0.5, 0.6) is 0 Å². The number of aromatic nitrogens is 2. The summed E-state index contributed by atoms with van der Waals surface area (Å²) >= 11 is 5.87. The van der Waals surface area contributed by atoms with E-state index in [2.05, 4.69) is 15.3 Å². The van der Waals surface area contributed by atoms with Crippen LogP contribution in [0.4, 0.5) is 5.69 Å². The maximum Gasteiger partial charge on any atom is 0.355 e. The lowest BCUT2D eigenvalue weighted by molar-refractivity contribution is -0.123. The zero-order valence-corrected chi connectivity index (χ0v) is 14.4. The van der Waals surface area contributed by atoms with E-state index >= 15 is 0 Å². The van der Waals surface area contributed by atoms with Gasteiger partial charge < -0.3 is 15.0 Å². The van der Waals surface area contributed by atoms with Crippen molar-refractivity contribution in [2.75, 3.05) is 5.32 Å². The summed E-state index contributed by atoms with van der Waals surface area (Å²) in [7, 11) is 0. The van der Waals surface area contributed by atoms with Crippen molar-refractivity contribution in [3.05, 3.63) is 69.9 Å². The number of hydrogen-bond donors (Lipinski definition) is 2. The van der Waals surface area contributed by atoms with Gasteiger partial charge in [0.2, 0.25) is 0 Å². The van der Waals surface area contributed by atoms with Gasteiger partial charge in [-0.2, -0.15) is 0 Å². The SMILES string of the molecule is C[C@H](OC(=O)c1cc2ccccc2c(=O)[nH]1)C(=O)Nc1cccnc1Cl. The lowest BCUT2D eigenvalue weighted by Gasteiger charge is -2.14. The quantitative estimate of drug-likeness (QED) is 0.542. The van der Waals surface area contributed by atoms with Gasteiger partial charge in [0.05, 0.1) is 5.69 Å². The summed E-state index contributed by atoms with van der Waals surface area (Å²) in [6, 6.07) is 11.5. The Balaban J connectivity index is 1.74. The van der Waals surface area contributed by atoms with Crippen molar-refractivity contribution in [2.45, 2.75) is 13.0 Å². The van der Waals surface area contributed by atoms with Crippen LogP contribution < -0.4 is 10.9 Å². The van der Waals surface area contributed by atoms with Crippen molar-refractivity contribution >= 4 is 39.9 Å². The number of anilines is 1.